The molecule has 0 aliphatic carbocycles. The van der Waals surface area contributed by atoms with E-state index in [0.717, 1.165) is 5.16 Å². The molecule has 0 aliphatic rings. The second-order valence-corrected chi connectivity index (χ2v) is 4.79. The van der Waals surface area contributed by atoms with Gasteiger partial charge in [-0.25, -0.2) is 4.98 Å². The smallest absolute Gasteiger partial charge is 0.269 e. The van der Waals surface area contributed by atoms with E-state index < -0.39 is 0 Å². The van der Waals surface area contributed by atoms with E-state index in [4.69, 9.17) is 5.11 Å². The summed E-state index contributed by atoms with van der Waals surface area (Å²) < 4.78 is 1.81. The number of nitrogens with zero attached hydrogens (tertiary/aromatic N) is 4. The molecule has 0 spiro atoms. The molecule has 0 saturated heterocycles. The molecule has 2 aromatic rings. The van der Waals surface area contributed by atoms with Crippen molar-refractivity contribution in [3.63, 3.8) is 0 Å². The lowest BCUT2D eigenvalue weighted by Gasteiger charge is -2.04. The third-order valence-electron chi connectivity index (χ3n) is 2.27. The van der Waals surface area contributed by atoms with Crippen LogP contribution < -0.4 is 5.32 Å². The number of carbonyl (C=O) groups excluding carboxylic acids is 1. The van der Waals surface area contributed by atoms with Gasteiger partial charge in [-0.15, -0.1) is 10.2 Å². The van der Waals surface area contributed by atoms with Gasteiger partial charge in [-0.1, -0.05) is 11.8 Å². The Morgan fingerprint density at radius 2 is 2.37 bits per heavy atom. The van der Waals surface area contributed by atoms with E-state index in [1.54, 1.807) is 6.33 Å². The topological polar surface area (TPSA) is 92.9 Å². The van der Waals surface area contributed by atoms with Gasteiger partial charge in [0.1, 0.15) is 17.8 Å². The SMILES string of the molecule is Cn1cnnc1SCCNC(=O)c1ccc(O)cn1. The third kappa shape index (κ3) is 3.68. The first-order valence-electron chi connectivity index (χ1n) is 5.57. The fourth-order valence-electron chi connectivity index (χ4n) is 1.32. The number of thioether (sulfide) groups is 1. The van der Waals surface area contributed by atoms with Crippen molar-refractivity contribution in [1.82, 2.24) is 25.1 Å². The summed E-state index contributed by atoms with van der Waals surface area (Å²) in [7, 11) is 1.86. The highest BCUT2D eigenvalue weighted by molar-refractivity contribution is 7.99. The van der Waals surface area contributed by atoms with Crippen LogP contribution in [0.2, 0.25) is 0 Å². The Morgan fingerprint density at radius 1 is 1.53 bits per heavy atom. The Morgan fingerprint density at radius 3 is 3.00 bits per heavy atom. The molecule has 0 saturated carbocycles. The summed E-state index contributed by atoms with van der Waals surface area (Å²) in [5.41, 5.74) is 0.279. The Balaban J connectivity index is 1.75. The zero-order valence-electron chi connectivity index (χ0n) is 10.3. The molecule has 2 rings (SSSR count). The van der Waals surface area contributed by atoms with Crippen LogP contribution >= 0.6 is 11.8 Å². The lowest BCUT2D eigenvalue weighted by atomic mass is 10.3. The number of hydrogen-bond acceptors (Lipinski definition) is 6. The number of aromatic nitrogens is 4. The van der Waals surface area contributed by atoms with E-state index in [0.29, 0.717) is 12.3 Å². The molecule has 0 aliphatic heterocycles. The molecule has 2 heterocycles. The Hall–Kier alpha value is -2.09. The zero-order valence-corrected chi connectivity index (χ0v) is 11.1. The van der Waals surface area contributed by atoms with E-state index >= 15 is 0 Å². The fourth-order valence-corrected chi connectivity index (χ4v) is 2.06. The number of rotatable bonds is 5. The van der Waals surface area contributed by atoms with Gasteiger partial charge in [0.05, 0.1) is 6.20 Å². The molecule has 8 heteroatoms. The average molecular weight is 279 g/mol. The summed E-state index contributed by atoms with van der Waals surface area (Å²) in [5, 5.41) is 20.3. The van der Waals surface area contributed by atoms with Gasteiger partial charge in [-0.05, 0) is 12.1 Å². The highest BCUT2D eigenvalue weighted by atomic mass is 32.2. The molecule has 19 heavy (non-hydrogen) atoms. The van der Waals surface area contributed by atoms with Gasteiger partial charge in [-0.3, -0.25) is 4.79 Å². The van der Waals surface area contributed by atoms with E-state index in [2.05, 4.69) is 20.5 Å². The first-order valence-corrected chi connectivity index (χ1v) is 6.55. The molecule has 2 aromatic heterocycles. The minimum Gasteiger partial charge on any atom is -0.506 e. The van der Waals surface area contributed by atoms with Gasteiger partial charge in [-0.2, -0.15) is 0 Å². The largest absolute Gasteiger partial charge is 0.506 e. The van der Waals surface area contributed by atoms with Crippen molar-refractivity contribution < 1.29 is 9.90 Å². The maximum Gasteiger partial charge on any atom is 0.269 e. The third-order valence-corrected chi connectivity index (χ3v) is 3.31. The molecule has 0 bridgehead atoms. The van der Waals surface area contributed by atoms with Crippen LogP contribution in [0.5, 0.6) is 5.75 Å². The average Bonchev–Trinajstić information content (AvgIpc) is 2.81. The van der Waals surface area contributed by atoms with E-state index in [-0.39, 0.29) is 17.4 Å². The van der Waals surface area contributed by atoms with E-state index in [1.165, 1.54) is 30.1 Å². The van der Waals surface area contributed by atoms with Crippen molar-refractivity contribution in [2.24, 2.45) is 7.05 Å². The van der Waals surface area contributed by atoms with Crippen molar-refractivity contribution in [1.29, 1.82) is 0 Å². The van der Waals surface area contributed by atoms with Crippen LogP contribution in [0.4, 0.5) is 0 Å². The van der Waals surface area contributed by atoms with Crippen molar-refractivity contribution in [3.05, 3.63) is 30.4 Å². The molecule has 7 nitrogen and oxygen atoms in total. The van der Waals surface area contributed by atoms with Gasteiger partial charge in [0.15, 0.2) is 5.16 Å². The molecule has 2 N–H and O–H groups in total. The fraction of sp³-hybridized carbons (Fsp3) is 0.273. The van der Waals surface area contributed by atoms with Crippen LogP contribution in [0.15, 0.2) is 29.8 Å². The number of pyridine rings is 1. The number of hydrogen-bond donors (Lipinski definition) is 2. The second-order valence-electron chi connectivity index (χ2n) is 3.73. The normalized spacial score (nSPS) is 10.4. The van der Waals surface area contributed by atoms with Gasteiger partial charge < -0.3 is 15.0 Å². The Kier molecular flexibility index (Phi) is 4.35. The van der Waals surface area contributed by atoms with Crippen LogP contribution in [0.3, 0.4) is 0 Å². The molecule has 0 aromatic carbocycles. The lowest BCUT2D eigenvalue weighted by molar-refractivity contribution is 0.0951. The molecule has 100 valence electrons. The minimum atomic E-state index is -0.265. The molecule has 0 atom stereocenters. The van der Waals surface area contributed by atoms with Crippen molar-refractivity contribution in [2.45, 2.75) is 5.16 Å². The number of nitrogens with one attached hydrogen (secondary N) is 1. The van der Waals surface area contributed by atoms with Gasteiger partial charge in [0, 0.05) is 19.3 Å². The molecule has 0 radical (unpaired) electrons. The van der Waals surface area contributed by atoms with Crippen molar-refractivity contribution in [3.8, 4) is 5.75 Å². The highest BCUT2D eigenvalue weighted by Gasteiger charge is 2.07. The maximum absolute atomic E-state index is 11.7. The van der Waals surface area contributed by atoms with E-state index in [9.17, 15) is 4.79 Å². The van der Waals surface area contributed by atoms with Crippen molar-refractivity contribution >= 4 is 17.7 Å². The number of aromatic hydroxyl groups is 1. The number of amides is 1. The molecule has 0 unspecified atom stereocenters. The molecular formula is C11H13N5O2S. The summed E-state index contributed by atoms with van der Waals surface area (Å²) in [6, 6.07) is 2.90. The van der Waals surface area contributed by atoms with Crippen LogP contribution in [0.25, 0.3) is 0 Å². The molecular weight excluding hydrogens is 266 g/mol. The zero-order chi connectivity index (χ0) is 13.7. The Labute approximate surface area is 114 Å². The van der Waals surface area contributed by atoms with Crippen LogP contribution in [-0.2, 0) is 7.05 Å². The number of carbonyl (C=O) groups is 1. The summed E-state index contributed by atoms with van der Waals surface area (Å²) in [6.07, 6.45) is 2.87. The lowest BCUT2D eigenvalue weighted by Crippen LogP contribution is -2.26. The van der Waals surface area contributed by atoms with Crippen LogP contribution in [0.1, 0.15) is 10.5 Å². The van der Waals surface area contributed by atoms with Crippen LogP contribution in [0, 0.1) is 0 Å². The summed E-state index contributed by atoms with van der Waals surface area (Å²) >= 11 is 1.51. The first-order chi connectivity index (χ1) is 9.16. The number of aryl methyl sites for hydroxylation is 1. The first kappa shape index (κ1) is 13.3. The Bertz CT molecular complexity index is 554. The van der Waals surface area contributed by atoms with E-state index in [1.807, 2.05) is 11.6 Å². The van der Waals surface area contributed by atoms with Gasteiger partial charge >= 0.3 is 0 Å². The summed E-state index contributed by atoms with van der Waals surface area (Å²) in [4.78, 5) is 15.5. The predicted molar refractivity (Wildman–Crippen MR) is 70.0 cm³/mol. The van der Waals surface area contributed by atoms with Gasteiger partial charge in [0.25, 0.3) is 5.91 Å². The monoisotopic (exact) mass is 279 g/mol. The molecule has 1 amide bonds. The summed E-state index contributed by atoms with van der Waals surface area (Å²) in [5.74, 6) is 0.462. The maximum atomic E-state index is 11.7. The quantitative estimate of drug-likeness (QED) is 0.609. The second kappa shape index (κ2) is 6.19. The minimum absolute atomic E-state index is 0.0365. The molecule has 0 fully saturated rings. The highest BCUT2D eigenvalue weighted by Crippen LogP contribution is 2.12. The predicted octanol–water partition coefficient (Wildman–Crippen LogP) is 0.438. The van der Waals surface area contributed by atoms with Gasteiger partial charge in [0.2, 0.25) is 0 Å². The summed E-state index contributed by atoms with van der Waals surface area (Å²) in [6.45, 7) is 0.499. The van der Waals surface area contributed by atoms with Crippen LogP contribution in [-0.4, -0.2) is 43.1 Å². The van der Waals surface area contributed by atoms with Crippen molar-refractivity contribution in [2.75, 3.05) is 12.3 Å². The standard InChI is InChI=1S/C11H13N5O2S/c1-16-7-14-15-11(16)19-5-4-12-10(18)9-3-2-8(17)6-13-9/h2-3,6-7,17H,4-5H2,1H3,(H,12,18).